The summed E-state index contributed by atoms with van der Waals surface area (Å²) in [6.07, 6.45) is 3.64. The minimum absolute atomic E-state index is 0.0170. The van der Waals surface area contributed by atoms with Gasteiger partial charge in [0.05, 0.1) is 0 Å². The number of rotatable bonds is 8. The minimum atomic E-state index is 0.0170. The fraction of sp³-hybridized carbons (Fsp3) is 0.381. The molecule has 0 spiro atoms. The molecule has 1 fully saturated rings. The second kappa shape index (κ2) is 10.0. The number of hydrogen-bond acceptors (Lipinski definition) is 3. The highest BCUT2D eigenvalue weighted by Gasteiger charge is 2.11. The standard InChI is InChI=1S/C21H25ClN2OS/c22-19-8-10-20(11-9-19)26-16-17-4-6-18(7-5-17)21(25)23-12-3-15-24-13-1-2-14-24/h4-11H,1-3,12-16H2,(H,23,25). The fourth-order valence-corrected chi connectivity index (χ4v) is 4.04. The van der Waals surface area contributed by atoms with Gasteiger partial charge in [0.2, 0.25) is 0 Å². The Bertz CT molecular complexity index is 697. The maximum Gasteiger partial charge on any atom is 0.251 e. The Morgan fingerprint density at radius 2 is 1.73 bits per heavy atom. The molecular formula is C21H25ClN2OS. The summed E-state index contributed by atoms with van der Waals surface area (Å²) in [6, 6.07) is 15.7. The Labute approximate surface area is 165 Å². The number of nitrogens with zero attached hydrogens (tertiary/aromatic N) is 1. The molecule has 138 valence electrons. The van der Waals surface area contributed by atoms with Crippen LogP contribution < -0.4 is 5.32 Å². The quantitative estimate of drug-likeness (QED) is 0.518. The van der Waals surface area contributed by atoms with Crippen molar-refractivity contribution in [2.45, 2.75) is 29.9 Å². The van der Waals surface area contributed by atoms with Gasteiger partial charge in [0, 0.05) is 27.8 Å². The molecule has 2 aromatic carbocycles. The van der Waals surface area contributed by atoms with E-state index in [0.29, 0.717) is 0 Å². The largest absolute Gasteiger partial charge is 0.352 e. The van der Waals surface area contributed by atoms with Gasteiger partial charge in [-0.2, -0.15) is 0 Å². The Balaban J connectivity index is 1.39. The summed E-state index contributed by atoms with van der Waals surface area (Å²) >= 11 is 7.67. The molecule has 1 aliphatic heterocycles. The van der Waals surface area contributed by atoms with E-state index in [2.05, 4.69) is 10.2 Å². The summed E-state index contributed by atoms with van der Waals surface area (Å²) in [7, 11) is 0. The number of likely N-dealkylation sites (tertiary alicyclic amines) is 1. The number of nitrogens with one attached hydrogen (secondary N) is 1. The molecule has 0 atom stereocenters. The van der Waals surface area contributed by atoms with Gasteiger partial charge in [-0.3, -0.25) is 4.79 Å². The van der Waals surface area contributed by atoms with Crippen LogP contribution in [-0.2, 0) is 5.75 Å². The predicted molar refractivity (Wildman–Crippen MR) is 110 cm³/mol. The number of halogens is 1. The van der Waals surface area contributed by atoms with Gasteiger partial charge in [0.25, 0.3) is 5.91 Å². The number of amides is 1. The van der Waals surface area contributed by atoms with Crippen molar-refractivity contribution in [1.82, 2.24) is 10.2 Å². The van der Waals surface area contributed by atoms with Gasteiger partial charge in [-0.25, -0.2) is 0 Å². The second-order valence-corrected chi connectivity index (χ2v) is 8.08. The van der Waals surface area contributed by atoms with Crippen molar-refractivity contribution in [3.63, 3.8) is 0 Å². The van der Waals surface area contributed by atoms with Crippen molar-refractivity contribution in [2.75, 3.05) is 26.2 Å². The van der Waals surface area contributed by atoms with Gasteiger partial charge in [-0.05, 0) is 80.9 Å². The maximum absolute atomic E-state index is 12.2. The van der Waals surface area contributed by atoms with Crippen LogP contribution in [0, 0.1) is 0 Å². The number of benzene rings is 2. The number of carbonyl (C=O) groups excluding carboxylic acids is 1. The summed E-state index contributed by atoms with van der Waals surface area (Å²) in [5.74, 6) is 0.891. The van der Waals surface area contributed by atoms with E-state index in [1.165, 1.54) is 36.4 Å². The summed E-state index contributed by atoms with van der Waals surface area (Å²) < 4.78 is 0. The number of thioether (sulfide) groups is 1. The Morgan fingerprint density at radius 1 is 1.04 bits per heavy atom. The third kappa shape index (κ3) is 6.04. The molecule has 3 rings (SSSR count). The van der Waals surface area contributed by atoms with Crippen LogP contribution in [-0.4, -0.2) is 37.0 Å². The zero-order valence-electron chi connectivity index (χ0n) is 14.9. The first-order valence-corrected chi connectivity index (χ1v) is 10.5. The molecule has 0 bridgehead atoms. The van der Waals surface area contributed by atoms with Gasteiger partial charge in [0.15, 0.2) is 0 Å². The molecule has 1 heterocycles. The smallest absolute Gasteiger partial charge is 0.251 e. The van der Waals surface area contributed by atoms with Crippen LogP contribution in [0.5, 0.6) is 0 Å². The highest BCUT2D eigenvalue weighted by molar-refractivity contribution is 7.98. The van der Waals surface area contributed by atoms with Gasteiger partial charge < -0.3 is 10.2 Å². The third-order valence-electron chi connectivity index (χ3n) is 4.57. The average molecular weight is 389 g/mol. The molecule has 0 unspecified atom stereocenters. The van der Waals surface area contributed by atoms with E-state index >= 15 is 0 Å². The van der Waals surface area contributed by atoms with E-state index in [1.807, 2.05) is 48.5 Å². The fourth-order valence-electron chi connectivity index (χ4n) is 3.06. The maximum atomic E-state index is 12.2. The highest BCUT2D eigenvalue weighted by atomic mass is 35.5. The first-order valence-electron chi connectivity index (χ1n) is 9.18. The van der Waals surface area contributed by atoms with Crippen LogP contribution in [0.2, 0.25) is 5.02 Å². The van der Waals surface area contributed by atoms with E-state index in [4.69, 9.17) is 11.6 Å². The zero-order valence-corrected chi connectivity index (χ0v) is 16.5. The molecule has 1 amide bonds. The van der Waals surface area contributed by atoms with Crippen molar-refractivity contribution >= 4 is 29.3 Å². The SMILES string of the molecule is O=C(NCCCN1CCCC1)c1ccc(CSc2ccc(Cl)cc2)cc1. The van der Waals surface area contributed by atoms with Crippen molar-refractivity contribution in [2.24, 2.45) is 0 Å². The first kappa shape index (κ1) is 19.3. The lowest BCUT2D eigenvalue weighted by Crippen LogP contribution is -2.28. The Morgan fingerprint density at radius 3 is 2.42 bits per heavy atom. The Hall–Kier alpha value is -1.49. The zero-order chi connectivity index (χ0) is 18.2. The highest BCUT2D eigenvalue weighted by Crippen LogP contribution is 2.24. The van der Waals surface area contributed by atoms with Crippen molar-refractivity contribution in [3.8, 4) is 0 Å². The summed E-state index contributed by atoms with van der Waals surface area (Å²) in [5, 5.41) is 3.78. The van der Waals surface area contributed by atoms with Crippen molar-refractivity contribution in [3.05, 3.63) is 64.7 Å². The third-order valence-corrected chi connectivity index (χ3v) is 5.91. The average Bonchev–Trinajstić information content (AvgIpc) is 3.18. The molecule has 0 aliphatic carbocycles. The monoisotopic (exact) mass is 388 g/mol. The van der Waals surface area contributed by atoms with E-state index in [1.54, 1.807) is 11.8 Å². The van der Waals surface area contributed by atoms with E-state index in [-0.39, 0.29) is 5.91 Å². The molecule has 0 aromatic heterocycles. The Kier molecular flexibility index (Phi) is 7.42. The van der Waals surface area contributed by atoms with Gasteiger partial charge >= 0.3 is 0 Å². The topological polar surface area (TPSA) is 32.3 Å². The van der Waals surface area contributed by atoms with Crippen molar-refractivity contribution in [1.29, 1.82) is 0 Å². The molecular weight excluding hydrogens is 364 g/mol. The summed E-state index contributed by atoms with van der Waals surface area (Å²) in [6.45, 7) is 4.25. The molecule has 1 aliphatic rings. The molecule has 26 heavy (non-hydrogen) atoms. The van der Waals surface area contributed by atoms with Crippen LogP contribution >= 0.6 is 23.4 Å². The lowest BCUT2D eigenvalue weighted by Gasteiger charge is -2.14. The van der Waals surface area contributed by atoms with Crippen molar-refractivity contribution < 1.29 is 4.79 Å². The van der Waals surface area contributed by atoms with E-state index in [9.17, 15) is 4.79 Å². The molecule has 0 saturated carbocycles. The van der Waals surface area contributed by atoms with E-state index < -0.39 is 0 Å². The van der Waals surface area contributed by atoms with Gasteiger partial charge in [-0.15, -0.1) is 11.8 Å². The van der Waals surface area contributed by atoms with Crippen LogP contribution in [0.4, 0.5) is 0 Å². The molecule has 5 heteroatoms. The molecule has 1 saturated heterocycles. The normalized spacial score (nSPS) is 14.5. The van der Waals surface area contributed by atoms with Crippen LogP contribution in [0.1, 0.15) is 35.2 Å². The van der Waals surface area contributed by atoms with Crippen LogP contribution in [0.15, 0.2) is 53.4 Å². The van der Waals surface area contributed by atoms with Gasteiger partial charge in [0.1, 0.15) is 0 Å². The molecule has 0 radical (unpaired) electrons. The second-order valence-electron chi connectivity index (χ2n) is 6.60. The number of carbonyl (C=O) groups is 1. The predicted octanol–water partition coefficient (Wildman–Crippen LogP) is 4.85. The lowest BCUT2D eigenvalue weighted by atomic mass is 10.1. The molecule has 2 aromatic rings. The molecule has 3 nitrogen and oxygen atoms in total. The van der Waals surface area contributed by atoms with Gasteiger partial charge in [-0.1, -0.05) is 23.7 Å². The minimum Gasteiger partial charge on any atom is -0.352 e. The summed E-state index contributed by atoms with van der Waals surface area (Å²) in [5.41, 5.74) is 1.93. The first-order chi connectivity index (χ1) is 12.7. The summed E-state index contributed by atoms with van der Waals surface area (Å²) in [4.78, 5) is 15.9. The lowest BCUT2D eigenvalue weighted by molar-refractivity contribution is 0.0952. The van der Waals surface area contributed by atoms with Crippen LogP contribution in [0.3, 0.4) is 0 Å². The number of hydrogen-bond donors (Lipinski definition) is 1. The van der Waals surface area contributed by atoms with E-state index in [0.717, 1.165) is 35.8 Å². The molecule has 1 N–H and O–H groups in total. The van der Waals surface area contributed by atoms with Crippen LogP contribution in [0.25, 0.3) is 0 Å².